The van der Waals surface area contributed by atoms with E-state index in [9.17, 15) is 4.79 Å². The summed E-state index contributed by atoms with van der Waals surface area (Å²) in [5, 5.41) is 0. The van der Waals surface area contributed by atoms with E-state index in [2.05, 4.69) is 9.83 Å². The maximum absolute atomic E-state index is 10.9. The van der Waals surface area contributed by atoms with Crippen molar-refractivity contribution in [1.29, 1.82) is 0 Å². The van der Waals surface area contributed by atoms with Crippen LogP contribution in [0.2, 0.25) is 0 Å². The molecule has 0 aromatic carbocycles. The first-order valence-corrected chi connectivity index (χ1v) is 3.96. The molecule has 3 N–H and O–H groups in total. The highest BCUT2D eigenvalue weighted by Gasteiger charge is 2.16. The first-order chi connectivity index (χ1) is 6.07. The quantitative estimate of drug-likeness (QED) is 0.664. The average Bonchev–Trinajstić information content (AvgIpc) is 2.46. The molecule has 1 heterocycles. The number of hydrogen-bond acceptors (Lipinski definition) is 1. The number of rotatable bonds is 2. The third kappa shape index (κ3) is 1.54. The van der Waals surface area contributed by atoms with Crippen molar-refractivity contribution in [3.05, 3.63) is 28.9 Å². The van der Waals surface area contributed by atoms with Crippen LogP contribution in [0, 0.1) is 6.57 Å². The number of carbonyl (C=O) groups excluding carboxylic acids is 1. The Balaban J connectivity index is 3.29. The van der Waals surface area contributed by atoms with Crippen LogP contribution in [0.5, 0.6) is 0 Å². The Morgan fingerprint density at radius 1 is 1.69 bits per heavy atom. The van der Waals surface area contributed by atoms with Gasteiger partial charge in [0, 0.05) is 0 Å². The van der Waals surface area contributed by atoms with E-state index in [1.165, 1.54) is 0 Å². The molecule has 0 unspecified atom stereocenters. The zero-order valence-electron chi connectivity index (χ0n) is 7.59. The number of carbonyl (C=O) groups is 1. The van der Waals surface area contributed by atoms with Gasteiger partial charge in [-0.25, -0.2) is 4.85 Å². The molecule has 0 saturated carbocycles. The molecule has 0 radical (unpaired) electrons. The molecule has 1 aromatic rings. The second kappa shape index (κ2) is 3.31. The number of H-pyrrole nitrogens is 1. The van der Waals surface area contributed by atoms with Gasteiger partial charge in [-0.3, -0.25) is 4.79 Å². The van der Waals surface area contributed by atoms with Crippen molar-refractivity contribution in [3.63, 3.8) is 0 Å². The normalized spacial score (nSPS) is 10.0. The van der Waals surface area contributed by atoms with E-state index in [4.69, 9.17) is 12.3 Å². The zero-order valence-corrected chi connectivity index (χ0v) is 7.59. The van der Waals surface area contributed by atoms with Gasteiger partial charge in [-0.1, -0.05) is 13.8 Å². The molecule has 0 bridgehead atoms. The molecule has 0 fully saturated rings. The number of aromatic nitrogens is 1. The molecule has 4 nitrogen and oxygen atoms in total. The molecule has 0 aliphatic heterocycles. The molecule has 1 rings (SSSR count). The second-order valence-electron chi connectivity index (χ2n) is 3.10. The topological polar surface area (TPSA) is 63.2 Å². The number of nitrogens with two attached hydrogens (primary N) is 1. The Labute approximate surface area is 76.6 Å². The maximum atomic E-state index is 10.9. The number of hydrogen-bond donors (Lipinski definition) is 2. The first-order valence-electron chi connectivity index (χ1n) is 3.96. The van der Waals surface area contributed by atoms with Gasteiger partial charge >= 0.3 is 0 Å². The SMILES string of the molecule is [C-]#[N+]c1c(C(C)C)c[nH]c1C(N)=O. The first kappa shape index (κ1) is 9.33. The number of nitrogens with zero attached hydrogens (tertiary/aromatic N) is 1. The van der Waals surface area contributed by atoms with Crippen LogP contribution >= 0.6 is 0 Å². The van der Waals surface area contributed by atoms with Crippen LogP contribution in [0.3, 0.4) is 0 Å². The van der Waals surface area contributed by atoms with Gasteiger partial charge in [0.05, 0.1) is 6.57 Å². The van der Waals surface area contributed by atoms with Gasteiger partial charge in [-0.05, 0) is 17.7 Å². The minimum absolute atomic E-state index is 0.207. The summed E-state index contributed by atoms with van der Waals surface area (Å²) in [6.45, 7) is 10.8. The monoisotopic (exact) mass is 177 g/mol. The molecule has 4 heteroatoms. The number of nitrogens with one attached hydrogen (secondary N) is 1. The molecular formula is C9H11N3O. The lowest BCUT2D eigenvalue weighted by Crippen LogP contribution is -2.11. The van der Waals surface area contributed by atoms with Gasteiger partial charge in [0.1, 0.15) is 5.69 Å². The number of aromatic amines is 1. The van der Waals surface area contributed by atoms with E-state index in [0.29, 0.717) is 5.69 Å². The van der Waals surface area contributed by atoms with E-state index >= 15 is 0 Å². The van der Waals surface area contributed by atoms with Crippen molar-refractivity contribution in [3.8, 4) is 0 Å². The number of primary amides is 1. The van der Waals surface area contributed by atoms with E-state index in [1.807, 2.05) is 13.8 Å². The summed E-state index contributed by atoms with van der Waals surface area (Å²) in [5.41, 5.74) is 6.48. The predicted molar refractivity (Wildman–Crippen MR) is 49.7 cm³/mol. The van der Waals surface area contributed by atoms with Gasteiger partial charge in [0.15, 0.2) is 0 Å². The zero-order chi connectivity index (χ0) is 10.0. The Morgan fingerprint density at radius 2 is 2.31 bits per heavy atom. The third-order valence-electron chi connectivity index (χ3n) is 1.86. The Kier molecular flexibility index (Phi) is 2.38. The van der Waals surface area contributed by atoms with Crippen LogP contribution in [0.4, 0.5) is 5.69 Å². The summed E-state index contributed by atoms with van der Waals surface area (Å²) >= 11 is 0. The summed E-state index contributed by atoms with van der Waals surface area (Å²) < 4.78 is 0. The molecular weight excluding hydrogens is 166 g/mol. The molecule has 0 atom stereocenters. The minimum Gasteiger partial charge on any atom is -0.367 e. The van der Waals surface area contributed by atoms with Crippen LogP contribution < -0.4 is 5.73 Å². The van der Waals surface area contributed by atoms with Crippen molar-refractivity contribution >= 4 is 11.6 Å². The fourth-order valence-corrected chi connectivity index (χ4v) is 1.18. The van der Waals surface area contributed by atoms with Crippen molar-refractivity contribution in [2.24, 2.45) is 5.73 Å². The van der Waals surface area contributed by atoms with Crippen molar-refractivity contribution in [2.45, 2.75) is 19.8 Å². The average molecular weight is 177 g/mol. The van der Waals surface area contributed by atoms with Gasteiger partial charge in [-0.15, -0.1) is 0 Å². The predicted octanol–water partition coefficient (Wildman–Crippen LogP) is 1.79. The Bertz CT molecular complexity index is 371. The van der Waals surface area contributed by atoms with Crippen LogP contribution in [0.15, 0.2) is 6.20 Å². The molecule has 0 aliphatic rings. The van der Waals surface area contributed by atoms with Crippen molar-refractivity contribution in [2.75, 3.05) is 0 Å². The lowest BCUT2D eigenvalue weighted by Gasteiger charge is -2.00. The highest BCUT2D eigenvalue weighted by molar-refractivity contribution is 5.97. The van der Waals surface area contributed by atoms with Crippen LogP contribution in [0.25, 0.3) is 4.85 Å². The van der Waals surface area contributed by atoms with Crippen LogP contribution in [0.1, 0.15) is 35.8 Å². The van der Waals surface area contributed by atoms with Gasteiger partial charge in [-0.2, -0.15) is 0 Å². The molecule has 0 spiro atoms. The van der Waals surface area contributed by atoms with Crippen molar-refractivity contribution < 1.29 is 4.79 Å². The van der Waals surface area contributed by atoms with Gasteiger partial charge in [0.25, 0.3) is 5.91 Å². The molecule has 1 aromatic heterocycles. The van der Waals surface area contributed by atoms with Crippen molar-refractivity contribution in [1.82, 2.24) is 4.98 Å². The Morgan fingerprint density at radius 3 is 2.69 bits per heavy atom. The van der Waals surface area contributed by atoms with E-state index in [1.54, 1.807) is 6.20 Å². The van der Waals surface area contributed by atoms with Crippen LogP contribution in [-0.2, 0) is 0 Å². The highest BCUT2D eigenvalue weighted by Crippen LogP contribution is 2.29. The Hall–Kier alpha value is -1.76. The summed E-state index contributed by atoms with van der Waals surface area (Å²) in [6, 6.07) is 0. The molecule has 68 valence electrons. The van der Waals surface area contributed by atoms with Gasteiger partial charge < -0.3 is 10.7 Å². The highest BCUT2D eigenvalue weighted by atomic mass is 16.1. The summed E-state index contributed by atoms with van der Waals surface area (Å²) in [6.07, 6.45) is 1.66. The number of amides is 1. The fourth-order valence-electron chi connectivity index (χ4n) is 1.18. The fraction of sp³-hybridized carbons (Fsp3) is 0.333. The van der Waals surface area contributed by atoms with E-state index in [0.717, 1.165) is 5.56 Å². The molecule has 1 amide bonds. The molecule has 0 saturated heterocycles. The lowest BCUT2D eigenvalue weighted by atomic mass is 10.1. The smallest absolute Gasteiger partial charge is 0.254 e. The molecule has 0 aliphatic carbocycles. The standard InChI is InChI=1S/C9H11N3O/c1-5(2)6-4-12-8(9(10)13)7(6)11-3/h4-5,12H,1-2H3,(H2,10,13). The largest absolute Gasteiger partial charge is 0.367 e. The van der Waals surface area contributed by atoms with Crippen LogP contribution in [-0.4, -0.2) is 10.9 Å². The van der Waals surface area contributed by atoms with E-state index in [-0.39, 0.29) is 11.6 Å². The van der Waals surface area contributed by atoms with Gasteiger partial charge in [0.2, 0.25) is 5.69 Å². The molecule has 13 heavy (non-hydrogen) atoms. The minimum atomic E-state index is -0.585. The maximum Gasteiger partial charge on any atom is 0.254 e. The third-order valence-corrected chi connectivity index (χ3v) is 1.86. The summed E-state index contributed by atoms with van der Waals surface area (Å²) in [4.78, 5) is 16.9. The second-order valence-corrected chi connectivity index (χ2v) is 3.10. The summed E-state index contributed by atoms with van der Waals surface area (Å²) in [5.74, 6) is -0.369. The lowest BCUT2D eigenvalue weighted by molar-refractivity contribution is 0.0997. The summed E-state index contributed by atoms with van der Waals surface area (Å²) in [7, 11) is 0. The van der Waals surface area contributed by atoms with E-state index < -0.39 is 5.91 Å².